The summed E-state index contributed by atoms with van der Waals surface area (Å²) in [4.78, 5) is 28.2. The summed E-state index contributed by atoms with van der Waals surface area (Å²) in [5.41, 5.74) is 3.20. The van der Waals surface area contributed by atoms with Gasteiger partial charge in [-0.25, -0.2) is 8.42 Å². The molecule has 202 valence electrons. The lowest BCUT2D eigenvalue weighted by atomic mass is 10.1. The van der Waals surface area contributed by atoms with Gasteiger partial charge in [0.2, 0.25) is 11.8 Å². The minimum Gasteiger partial charge on any atom is -0.354 e. The first-order chi connectivity index (χ1) is 18.0. The van der Waals surface area contributed by atoms with Crippen molar-refractivity contribution in [2.45, 2.75) is 51.6 Å². The van der Waals surface area contributed by atoms with E-state index in [1.54, 1.807) is 31.2 Å². The largest absolute Gasteiger partial charge is 0.354 e. The van der Waals surface area contributed by atoms with Crippen molar-refractivity contribution in [2.75, 3.05) is 17.4 Å². The van der Waals surface area contributed by atoms with Crippen LogP contribution in [-0.2, 0) is 26.2 Å². The van der Waals surface area contributed by atoms with Gasteiger partial charge in [0.25, 0.3) is 10.0 Å². The van der Waals surface area contributed by atoms with E-state index in [2.05, 4.69) is 5.32 Å². The van der Waals surface area contributed by atoms with E-state index in [0.717, 1.165) is 27.4 Å². The van der Waals surface area contributed by atoms with E-state index in [9.17, 15) is 18.0 Å². The number of sulfonamides is 1. The Bertz CT molecular complexity index is 1340. The number of rotatable bonds is 11. The maximum absolute atomic E-state index is 13.8. The summed E-state index contributed by atoms with van der Waals surface area (Å²) in [7, 11) is -4.12. The van der Waals surface area contributed by atoms with Crippen molar-refractivity contribution in [3.8, 4) is 0 Å². The van der Waals surface area contributed by atoms with E-state index in [0.29, 0.717) is 17.3 Å². The van der Waals surface area contributed by atoms with Crippen molar-refractivity contribution >= 4 is 39.1 Å². The molecule has 0 aliphatic heterocycles. The van der Waals surface area contributed by atoms with Gasteiger partial charge in [-0.05, 0) is 69.2 Å². The van der Waals surface area contributed by atoms with Crippen LogP contribution < -0.4 is 9.62 Å². The first-order valence-corrected chi connectivity index (χ1v) is 14.3. The fourth-order valence-electron chi connectivity index (χ4n) is 3.84. The zero-order chi connectivity index (χ0) is 27.9. The van der Waals surface area contributed by atoms with Crippen LogP contribution in [0.15, 0.2) is 77.7 Å². The molecule has 0 saturated heterocycles. The smallest absolute Gasteiger partial charge is 0.264 e. The molecule has 0 aliphatic rings. The van der Waals surface area contributed by atoms with Crippen LogP contribution in [0.3, 0.4) is 0 Å². The molecule has 3 rings (SSSR count). The Morgan fingerprint density at radius 3 is 2.00 bits per heavy atom. The topological polar surface area (TPSA) is 86.8 Å². The number of amides is 2. The number of hydrogen-bond acceptors (Lipinski definition) is 4. The summed E-state index contributed by atoms with van der Waals surface area (Å²) in [6, 6.07) is 19.6. The third-order valence-electron chi connectivity index (χ3n) is 6.19. The third kappa shape index (κ3) is 7.36. The zero-order valence-corrected chi connectivity index (χ0v) is 23.7. The summed E-state index contributed by atoms with van der Waals surface area (Å²) in [6.45, 7) is 7.62. The molecule has 38 heavy (non-hydrogen) atoms. The fourth-order valence-corrected chi connectivity index (χ4v) is 5.38. The lowest BCUT2D eigenvalue weighted by molar-refractivity contribution is -0.139. The number of hydrogen-bond donors (Lipinski definition) is 1. The molecule has 2 amide bonds. The Labute approximate surface area is 230 Å². The highest BCUT2D eigenvalue weighted by Gasteiger charge is 2.32. The molecule has 0 bridgehead atoms. The number of benzene rings is 3. The standard InChI is InChI=1S/C29H34ClN3O4S/c1-5-18-31-29(35)23(4)32(19-24-10-6-21(2)7-11-24)28(34)20-33(26-14-8-22(3)9-15-26)38(36,37)27-16-12-25(30)13-17-27/h6-17,23H,5,18-20H2,1-4H3,(H,31,35). The first kappa shape index (κ1) is 29.2. The van der Waals surface area contributed by atoms with Gasteiger partial charge in [-0.3, -0.25) is 13.9 Å². The van der Waals surface area contributed by atoms with E-state index in [-0.39, 0.29) is 17.3 Å². The second-order valence-electron chi connectivity index (χ2n) is 9.28. The first-order valence-electron chi connectivity index (χ1n) is 12.5. The van der Waals surface area contributed by atoms with Crippen molar-refractivity contribution < 1.29 is 18.0 Å². The van der Waals surface area contributed by atoms with Crippen LogP contribution in [0, 0.1) is 13.8 Å². The van der Waals surface area contributed by atoms with Crippen molar-refractivity contribution in [1.29, 1.82) is 0 Å². The highest BCUT2D eigenvalue weighted by atomic mass is 35.5. The molecule has 1 atom stereocenters. The van der Waals surface area contributed by atoms with E-state index >= 15 is 0 Å². The minimum atomic E-state index is -4.12. The van der Waals surface area contributed by atoms with E-state index in [1.807, 2.05) is 45.0 Å². The summed E-state index contributed by atoms with van der Waals surface area (Å²) >= 11 is 5.98. The second kappa shape index (κ2) is 12.9. The lowest BCUT2D eigenvalue weighted by Gasteiger charge is -2.32. The molecule has 0 spiro atoms. The van der Waals surface area contributed by atoms with Crippen molar-refractivity contribution in [2.24, 2.45) is 0 Å². The molecule has 0 saturated carbocycles. The molecule has 0 aliphatic carbocycles. The molecule has 0 radical (unpaired) electrons. The molecule has 7 nitrogen and oxygen atoms in total. The maximum atomic E-state index is 13.8. The molecular weight excluding hydrogens is 522 g/mol. The van der Waals surface area contributed by atoms with Crippen LogP contribution in [0.25, 0.3) is 0 Å². The van der Waals surface area contributed by atoms with Gasteiger partial charge < -0.3 is 10.2 Å². The number of aryl methyl sites for hydroxylation is 2. The van der Waals surface area contributed by atoms with Crippen LogP contribution in [0.4, 0.5) is 5.69 Å². The molecule has 1 unspecified atom stereocenters. The van der Waals surface area contributed by atoms with Gasteiger partial charge in [-0.1, -0.05) is 66.0 Å². The minimum absolute atomic E-state index is 0.00842. The molecule has 1 N–H and O–H groups in total. The summed E-state index contributed by atoms with van der Waals surface area (Å²) in [6.07, 6.45) is 0.755. The van der Waals surface area contributed by atoms with Gasteiger partial charge in [0, 0.05) is 18.1 Å². The highest BCUT2D eigenvalue weighted by molar-refractivity contribution is 7.92. The summed E-state index contributed by atoms with van der Waals surface area (Å²) < 4.78 is 28.6. The maximum Gasteiger partial charge on any atom is 0.264 e. The predicted molar refractivity (Wildman–Crippen MR) is 152 cm³/mol. The van der Waals surface area contributed by atoms with Crippen molar-refractivity contribution in [3.63, 3.8) is 0 Å². The highest BCUT2D eigenvalue weighted by Crippen LogP contribution is 2.26. The monoisotopic (exact) mass is 555 g/mol. The Morgan fingerprint density at radius 2 is 1.45 bits per heavy atom. The molecule has 3 aromatic rings. The van der Waals surface area contributed by atoms with Crippen molar-refractivity contribution in [1.82, 2.24) is 10.2 Å². The molecule has 0 aromatic heterocycles. The molecule has 0 fully saturated rings. The van der Waals surface area contributed by atoms with Gasteiger partial charge in [-0.15, -0.1) is 0 Å². The molecule has 9 heteroatoms. The van der Waals surface area contributed by atoms with Gasteiger partial charge in [0.1, 0.15) is 12.6 Å². The number of carbonyl (C=O) groups is 2. The Balaban J connectivity index is 2.00. The van der Waals surface area contributed by atoms with Gasteiger partial charge in [-0.2, -0.15) is 0 Å². The third-order valence-corrected chi connectivity index (χ3v) is 8.23. The number of carbonyl (C=O) groups excluding carboxylic acids is 2. The predicted octanol–water partition coefficient (Wildman–Crippen LogP) is 5.10. The van der Waals surface area contributed by atoms with E-state index in [4.69, 9.17) is 11.6 Å². The number of halogens is 1. The quantitative estimate of drug-likeness (QED) is 0.357. The van der Waals surface area contributed by atoms with Crippen LogP contribution in [0.1, 0.15) is 37.0 Å². The van der Waals surface area contributed by atoms with Gasteiger partial charge in [0.05, 0.1) is 10.6 Å². The fraction of sp³-hybridized carbons (Fsp3) is 0.310. The Hall–Kier alpha value is -3.36. The second-order valence-corrected chi connectivity index (χ2v) is 11.6. The molecular formula is C29H34ClN3O4S. The van der Waals surface area contributed by atoms with E-state index < -0.39 is 28.5 Å². The van der Waals surface area contributed by atoms with Crippen LogP contribution in [0.5, 0.6) is 0 Å². The summed E-state index contributed by atoms with van der Waals surface area (Å²) in [5, 5.41) is 3.24. The van der Waals surface area contributed by atoms with E-state index in [1.165, 1.54) is 29.2 Å². The normalized spacial score (nSPS) is 12.0. The molecule has 3 aromatic carbocycles. The van der Waals surface area contributed by atoms with Crippen molar-refractivity contribution in [3.05, 3.63) is 94.5 Å². The average molecular weight is 556 g/mol. The van der Waals surface area contributed by atoms with Crippen LogP contribution >= 0.6 is 11.6 Å². The lowest BCUT2D eigenvalue weighted by Crippen LogP contribution is -2.51. The number of anilines is 1. The number of nitrogens with one attached hydrogen (secondary N) is 1. The SMILES string of the molecule is CCCNC(=O)C(C)N(Cc1ccc(C)cc1)C(=O)CN(c1ccc(C)cc1)S(=O)(=O)c1ccc(Cl)cc1. The average Bonchev–Trinajstić information content (AvgIpc) is 2.90. The Kier molecular flexibility index (Phi) is 9.94. The zero-order valence-electron chi connectivity index (χ0n) is 22.1. The van der Waals surface area contributed by atoms with Gasteiger partial charge >= 0.3 is 0 Å². The van der Waals surface area contributed by atoms with Gasteiger partial charge in [0.15, 0.2) is 0 Å². The Morgan fingerprint density at radius 1 is 0.895 bits per heavy atom. The van der Waals surface area contributed by atoms with Crippen LogP contribution in [-0.4, -0.2) is 44.3 Å². The number of nitrogens with zero attached hydrogens (tertiary/aromatic N) is 2. The summed E-state index contributed by atoms with van der Waals surface area (Å²) in [5.74, 6) is -0.794. The van der Waals surface area contributed by atoms with Crippen LogP contribution in [0.2, 0.25) is 5.02 Å². The molecule has 0 heterocycles.